The van der Waals surface area contributed by atoms with Gasteiger partial charge >= 0.3 is 0 Å². The Hall–Kier alpha value is -5.22. The molecule has 1 unspecified atom stereocenters. The van der Waals surface area contributed by atoms with Crippen molar-refractivity contribution in [2.75, 3.05) is 0 Å². The Morgan fingerprint density at radius 1 is 0.550 bits per heavy atom. The number of hydrogen-bond donors (Lipinski definition) is 6. The zero-order valence-corrected chi connectivity index (χ0v) is 21.0. The number of allylic oxidation sites excluding steroid dienone is 2. The number of carbonyl (C=O) groups excluding carboxylic acids is 4. The molecule has 0 radical (unpaired) electrons. The average Bonchev–Trinajstić information content (AvgIpc) is 2.85. The van der Waals surface area contributed by atoms with E-state index in [0.29, 0.717) is 11.1 Å². The van der Waals surface area contributed by atoms with E-state index in [-0.39, 0.29) is 22.3 Å². The largest absolute Gasteiger partial charge is 0.512 e. The average molecular weight is 540 g/mol. The second-order valence-electron chi connectivity index (χ2n) is 10.1. The van der Waals surface area contributed by atoms with Crippen molar-refractivity contribution < 1.29 is 49.8 Å². The van der Waals surface area contributed by atoms with Gasteiger partial charge in [0.05, 0.1) is 22.8 Å². The van der Waals surface area contributed by atoms with E-state index in [9.17, 15) is 49.8 Å². The molecule has 3 aliphatic carbocycles. The molecule has 6 rings (SSSR count). The highest BCUT2D eigenvalue weighted by Crippen LogP contribution is 2.50. The number of benzene rings is 3. The van der Waals surface area contributed by atoms with Crippen LogP contribution in [0.2, 0.25) is 0 Å². The number of carbonyl (C=O) groups is 4. The number of phenolic OH excluding ortho intramolecular Hbond substituents is 4. The first-order valence-corrected chi connectivity index (χ1v) is 12.1. The minimum absolute atomic E-state index is 0.221. The number of fused-ring (bicyclic) bond motifs is 3. The van der Waals surface area contributed by atoms with E-state index in [1.807, 2.05) is 0 Å². The number of aryl methyl sites for hydroxylation is 2. The van der Waals surface area contributed by atoms with Crippen LogP contribution in [0.4, 0.5) is 0 Å². The lowest BCUT2D eigenvalue weighted by atomic mass is 9.70. The lowest BCUT2D eigenvalue weighted by Gasteiger charge is -2.32. The molecule has 0 saturated carbocycles. The minimum atomic E-state index is -1.67. The Kier molecular flexibility index (Phi) is 5.10. The summed E-state index contributed by atoms with van der Waals surface area (Å²) in [7, 11) is 0. The Bertz CT molecular complexity index is 1870. The predicted octanol–water partition coefficient (Wildman–Crippen LogP) is 3.31. The van der Waals surface area contributed by atoms with E-state index in [2.05, 4.69) is 0 Å². The van der Waals surface area contributed by atoms with Gasteiger partial charge in [0.25, 0.3) is 0 Å². The molecule has 0 spiro atoms. The van der Waals surface area contributed by atoms with E-state index in [1.54, 1.807) is 13.8 Å². The van der Waals surface area contributed by atoms with Crippen molar-refractivity contribution >= 4 is 28.7 Å². The molecule has 0 fully saturated rings. The highest BCUT2D eigenvalue weighted by Gasteiger charge is 2.46. The molecular weight excluding hydrogens is 520 g/mol. The lowest BCUT2D eigenvalue weighted by Crippen LogP contribution is -2.33. The monoisotopic (exact) mass is 540 g/mol. The van der Waals surface area contributed by atoms with Gasteiger partial charge in [-0.25, -0.2) is 0 Å². The van der Waals surface area contributed by atoms with Crippen molar-refractivity contribution in [3.8, 4) is 23.0 Å². The van der Waals surface area contributed by atoms with Gasteiger partial charge in [0.2, 0.25) is 5.78 Å². The molecule has 6 N–H and O–H groups in total. The first-order valence-electron chi connectivity index (χ1n) is 12.1. The summed E-state index contributed by atoms with van der Waals surface area (Å²) in [4.78, 5) is 54.7. The Labute approximate surface area is 225 Å². The van der Waals surface area contributed by atoms with Crippen LogP contribution in [0.15, 0.2) is 47.2 Å². The van der Waals surface area contributed by atoms with Crippen LogP contribution in [-0.2, 0) is 0 Å². The van der Waals surface area contributed by atoms with Gasteiger partial charge in [0.1, 0.15) is 28.8 Å². The van der Waals surface area contributed by atoms with Gasteiger partial charge in [0.15, 0.2) is 17.3 Å². The topological polar surface area (TPSA) is 190 Å². The molecule has 0 amide bonds. The Balaban J connectivity index is 1.69. The first-order chi connectivity index (χ1) is 18.8. The van der Waals surface area contributed by atoms with Crippen molar-refractivity contribution in [2.45, 2.75) is 26.4 Å². The van der Waals surface area contributed by atoms with Crippen molar-refractivity contribution in [3.63, 3.8) is 0 Å². The predicted molar refractivity (Wildman–Crippen MR) is 138 cm³/mol. The van der Waals surface area contributed by atoms with Crippen LogP contribution in [0.25, 0.3) is 5.57 Å². The Morgan fingerprint density at radius 2 is 1.05 bits per heavy atom. The van der Waals surface area contributed by atoms with Crippen LogP contribution < -0.4 is 0 Å². The molecule has 3 aromatic rings. The Morgan fingerprint density at radius 3 is 1.65 bits per heavy atom. The summed E-state index contributed by atoms with van der Waals surface area (Å²) in [6, 6.07) is 5.98. The van der Waals surface area contributed by atoms with E-state index < -0.39 is 97.8 Å². The summed E-state index contributed by atoms with van der Waals surface area (Å²) >= 11 is 0. The van der Waals surface area contributed by atoms with E-state index in [4.69, 9.17) is 0 Å². The van der Waals surface area contributed by atoms with Gasteiger partial charge in [0, 0.05) is 51.5 Å². The third-order valence-electron chi connectivity index (χ3n) is 7.46. The number of Topliss-reactive ketones (excluding diaryl/α,β-unsaturated/α-hetero) is 2. The van der Waals surface area contributed by atoms with Gasteiger partial charge in [-0.3, -0.25) is 19.2 Å². The summed E-state index contributed by atoms with van der Waals surface area (Å²) in [6.07, 6.45) is -2.26. The van der Waals surface area contributed by atoms with Crippen LogP contribution in [-0.4, -0.2) is 59.9 Å². The maximum Gasteiger partial charge on any atom is 0.201 e. The second kappa shape index (κ2) is 8.14. The van der Waals surface area contributed by atoms with Crippen LogP contribution >= 0.6 is 0 Å². The number of aromatic hydroxyl groups is 4. The fourth-order valence-electron chi connectivity index (χ4n) is 5.87. The zero-order chi connectivity index (χ0) is 28.9. The molecule has 200 valence electrons. The van der Waals surface area contributed by atoms with Gasteiger partial charge in [-0.05, 0) is 49.2 Å². The number of aliphatic hydroxyl groups excluding tert-OH is 2. The normalized spacial score (nSPS) is 18.0. The second-order valence-corrected chi connectivity index (χ2v) is 10.1. The molecule has 10 heteroatoms. The molecule has 0 saturated heterocycles. The van der Waals surface area contributed by atoms with Crippen LogP contribution in [0, 0.1) is 13.8 Å². The summed E-state index contributed by atoms with van der Waals surface area (Å²) in [6.45, 7) is 3.15. The molecule has 40 heavy (non-hydrogen) atoms. The molecule has 0 bridgehead atoms. The quantitative estimate of drug-likeness (QED) is 0.209. The van der Waals surface area contributed by atoms with Crippen molar-refractivity contribution in [3.05, 3.63) is 97.3 Å². The minimum Gasteiger partial charge on any atom is -0.512 e. The standard InChI is InChI=1S/C30H20O10/c1-9-3-11-19(13(31)5-9)29(39)23-17(35)7-15(33)21(25(23)27(11)37)22-16(34)8-18(36)24-26(22)28(38)12-4-10(2)6-14(32)20(12)30(24)40/h3-7,18,31-36H,8H2,1-2H3. The van der Waals surface area contributed by atoms with Gasteiger partial charge in [-0.1, -0.05) is 0 Å². The summed E-state index contributed by atoms with van der Waals surface area (Å²) < 4.78 is 0. The van der Waals surface area contributed by atoms with Crippen LogP contribution in [0.3, 0.4) is 0 Å². The number of aliphatic hydroxyl groups is 2. The first kappa shape index (κ1) is 25.1. The number of rotatable bonds is 1. The number of hydrogen-bond acceptors (Lipinski definition) is 10. The third kappa shape index (κ3) is 3.13. The highest BCUT2D eigenvalue weighted by molar-refractivity contribution is 6.36. The van der Waals surface area contributed by atoms with Crippen molar-refractivity contribution in [1.82, 2.24) is 0 Å². The molecule has 3 aromatic carbocycles. The molecular formula is C30H20O10. The molecule has 0 aliphatic heterocycles. The molecule has 0 heterocycles. The van der Waals surface area contributed by atoms with Crippen molar-refractivity contribution in [2.24, 2.45) is 0 Å². The smallest absolute Gasteiger partial charge is 0.201 e. The molecule has 1 atom stereocenters. The van der Waals surface area contributed by atoms with Crippen molar-refractivity contribution in [1.29, 1.82) is 0 Å². The van der Waals surface area contributed by atoms with Crippen LogP contribution in [0.5, 0.6) is 23.0 Å². The SMILES string of the molecule is Cc1cc(O)c2c(c1)C(=O)C1=C(C2=O)C(O)CC(O)=C1c1c(O)cc(O)c2c1C(=O)c1cc(C)cc(O)c1C2=O. The fourth-order valence-corrected chi connectivity index (χ4v) is 5.87. The number of ketones is 4. The molecule has 3 aliphatic rings. The van der Waals surface area contributed by atoms with E-state index in [1.165, 1.54) is 24.3 Å². The molecule has 10 nitrogen and oxygen atoms in total. The highest BCUT2D eigenvalue weighted by atomic mass is 16.3. The summed E-state index contributed by atoms with van der Waals surface area (Å²) in [5, 5.41) is 64.5. The van der Waals surface area contributed by atoms with Gasteiger partial charge in [-0.2, -0.15) is 0 Å². The van der Waals surface area contributed by atoms with E-state index in [0.717, 1.165) is 6.07 Å². The third-order valence-corrected chi connectivity index (χ3v) is 7.46. The molecule has 0 aromatic heterocycles. The maximum absolute atomic E-state index is 13.9. The summed E-state index contributed by atoms with van der Waals surface area (Å²) in [5.74, 6) is -6.83. The fraction of sp³-hybridized carbons (Fsp3) is 0.133. The maximum atomic E-state index is 13.9. The lowest BCUT2D eigenvalue weighted by molar-refractivity contribution is 0.0926. The van der Waals surface area contributed by atoms with Gasteiger partial charge < -0.3 is 30.6 Å². The van der Waals surface area contributed by atoms with E-state index >= 15 is 0 Å². The van der Waals surface area contributed by atoms with Crippen LogP contribution in [0.1, 0.15) is 75.7 Å². The number of phenols is 4. The summed E-state index contributed by atoms with van der Waals surface area (Å²) in [5.41, 5.74) is -3.38. The zero-order valence-electron chi connectivity index (χ0n) is 21.0. The van der Waals surface area contributed by atoms with Gasteiger partial charge in [-0.15, -0.1) is 0 Å².